The van der Waals surface area contributed by atoms with Crippen molar-refractivity contribution in [3.05, 3.63) is 35.4 Å². The Morgan fingerprint density at radius 2 is 1.55 bits per heavy atom. The molecular formula is C17H29NO2. The van der Waals surface area contributed by atoms with Crippen molar-refractivity contribution in [3.63, 3.8) is 0 Å². The number of ether oxygens (including phenoxy) is 2. The first-order valence-corrected chi connectivity index (χ1v) is 7.72. The second-order valence-electron chi connectivity index (χ2n) is 5.03. The third-order valence-corrected chi connectivity index (χ3v) is 3.28. The van der Waals surface area contributed by atoms with Crippen LogP contribution in [0.4, 0.5) is 0 Å². The number of hydrogen-bond acceptors (Lipinski definition) is 3. The van der Waals surface area contributed by atoms with E-state index in [9.17, 15) is 0 Å². The molecule has 0 aliphatic heterocycles. The minimum absolute atomic E-state index is 0.754. The number of aryl methyl sites for hydroxylation is 1. The van der Waals surface area contributed by atoms with Crippen LogP contribution in [-0.2, 0) is 22.3 Å². The van der Waals surface area contributed by atoms with E-state index in [1.807, 2.05) is 0 Å². The molecule has 0 saturated heterocycles. The van der Waals surface area contributed by atoms with Crippen molar-refractivity contribution in [3.8, 4) is 0 Å². The molecule has 0 unspecified atom stereocenters. The average Bonchev–Trinajstić information content (AvgIpc) is 2.49. The van der Waals surface area contributed by atoms with E-state index in [-0.39, 0.29) is 0 Å². The Labute approximate surface area is 123 Å². The number of benzene rings is 1. The molecular weight excluding hydrogens is 250 g/mol. The summed E-state index contributed by atoms with van der Waals surface area (Å²) in [4.78, 5) is 0. The molecule has 1 aromatic rings. The molecule has 0 fully saturated rings. The Morgan fingerprint density at radius 3 is 2.20 bits per heavy atom. The summed E-state index contributed by atoms with van der Waals surface area (Å²) in [7, 11) is 1.71. The lowest BCUT2D eigenvalue weighted by atomic mass is 10.1. The van der Waals surface area contributed by atoms with Gasteiger partial charge >= 0.3 is 0 Å². The van der Waals surface area contributed by atoms with Crippen LogP contribution in [0.25, 0.3) is 0 Å². The molecule has 20 heavy (non-hydrogen) atoms. The summed E-state index contributed by atoms with van der Waals surface area (Å²) < 4.78 is 10.6. The molecule has 1 N–H and O–H groups in total. The smallest absolute Gasteiger partial charge is 0.0591 e. The van der Waals surface area contributed by atoms with Gasteiger partial charge in [0.1, 0.15) is 0 Å². The van der Waals surface area contributed by atoms with Gasteiger partial charge in [0.25, 0.3) is 0 Å². The van der Waals surface area contributed by atoms with Gasteiger partial charge in [-0.2, -0.15) is 0 Å². The molecule has 0 spiro atoms. The molecule has 3 heteroatoms. The first-order valence-electron chi connectivity index (χ1n) is 7.72. The molecule has 114 valence electrons. The maximum Gasteiger partial charge on any atom is 0.0591 e. The number of methoxy groups -OCH3 is 1. The van der Waals surface area contributed by atoms with Crippen LogP contribution in [0.15, 0.2) is 24.3 Å². The van der Waals surface area contributed by atoms with Gasteiger partial charge in [-0.3, -0.25) is 0 Å². The third kappa shape index (κ3) is 8.31. The quantitative estimate of drug-likeness (QED) is 0.597. The molecule has 0 atom stereocenters. The van der Waals surface area contributed by atoms with E-state index >= 15 is 0 Å². The first-order chi connectivity index (χ1) is 9.86. The molecule has 1 rings (SSSR count). The minimum Gasteiger partial charge on any atom is -0.383 e. The van der Waals surface area contributed by atoms with Crippen LogP contribution in [0.5, 0.6) is 0 Å². The summed E-state index contributed by atoms with van der Waals surface area (Å²) in [5, 5.41) is 3.26. The van der Waals surface area contributed by atoms with Gasteiger partial charge in [0.2, 0.25) is 0 Å². The second-order valence-corrected chi connectivity index (χ2v) is 5.03. The standard InChI is InChI=1S/C17H29NO2/c1-3-4-5-16-6-8-17(9-7-16)10-13-20-15-12-18-11-14-19-2/h6-9,18H,3-5,10-15H2,1-2H3. The molecule has 0 bridgehead atoms. The lowest BCUT2D eigenvalue weighted by Crippen LogP contribution is -2.23. The fraction of sp³-hybridized carbons (Fsp3) is 0.647. The van der Waals surface area contributed by atoms with E-state index in [4.69, 9.17) is 9.47 Å². The SMILES string of the molecule is CCCCc1ccc(CCOCCNCCOC)cc1. The highest BCUT2D eigenvalue weighted by molar-refractivity contribution is 5.22. The van der Waals surface area contributed by atoms with Crippen molar-refractivity contribution in [2.24, 2.45) is 0 Å². The summed E-state index contributed by atoms with van der Waals surface area (Å²) in [5.74, 6) is 0. The van der Waals surface area contributed by atoms with Crippen molar-refractivity contribution in [1.82, 2.24) is 5.32 Å². The Balaban J connectivity index is 2.04. The van der Waals surface area contributed by atoms with E-state index in [0.717, 1.165) is 39.3 Å². The van der Waals surface area contributed by atoms with Gasteiger partial charge in [-0.25, -0.2) is 0 Å². The predicted molar refractivity (Wildman–Crippen MR) is 84.3 cm³/mol. The number of nitrogens with one attached hydrogen (secondary N) is 1. The van der Waals surface area contributed by atoms with Crippen LogP contribution < -0.4 is 5.32 Å². The van der Waals surface area contributed by atoms with E-state index in [2.05, 4.69) is 36.5 Å². The Morgan fingerprint density at radius 1 is 0.900 bits per heavy atom. The average molecular weight is 279 g/mol. The summed E-state index contributed by atoms with van der Waals surface area (Å²) in [6.07, 6.45) is 4.72. The number of unbranched alkanes of at least 4 members (excludes halogenated alkanes) is 1. The largest absolute Gasteiger partial charge is 0.383 e. The van der Waals surface area contributed by atoms with Gasteiger partial charge in [-0.05, 0) is 30.4 Å². The lowest BCUT2D eigenvalue weighted by Gasteiger charge is -2.07. The second kappa shape index (κ2) is 11.9. The normalized spacial score (nSPS) is 10.9. The topological polar surface area (TPSA) is 30.5 Å². The third-order valence-electron chi connectivity index (χ3n) is 3.28. The minimum atomic E-state index is 0.754. The van der Waals surface area contributed by atoms with Gasteiger partial charge in [0, 0.05) is 20.2 Å². The van der Waals surface area contributed by atoms with E-state index < -0.39 is 0 Å². The van der Waals surface area contributed by atoms with Crippen LogP contribution in [-0.4, -0.2) is 40.0 Å². The molecule has 0 aliphatic rings. The number of rotatable bonds is 12. The van der Waals surface area contributed by atoms with Gasteiger partial charge in [0.05, 0.1) is 19.8 Å². The molecule has 0 radical (unpaired) electrons. The first kappa shape index (κ1) is 17.2. The maximum atomic E-state index is 5.61. The van der Waals surface area contributed by atoms with Crippen molar-refractivity contribution < 1.29 is 9.47 Å². The van der Waals surface area contributed by atoms with Crippen LogP contribution in [0.2, 0.25) is 0 Å². The molecule has 0 amide bonds. The highest BCUT2D eigenvalue weighted by Crippen LogP contribution is 2.08. The zero-order valence-corrected chi connectivity index (χ0v) is 13.0. The van der Waals surface area contributed by atoms with Crippen molar-refractivity contribution in [2.75, 3.05) is 40.0 Å². The van der Waals surface area contributed by atoms with Crippen LogP contribution in [0.1, 0.15) is 30.9 Å². The highest BCUT2D eigenvalue weighted by Gasteiger charge is 1.96. The molecule has 0 aliphatic carbocycles. The van der Waals surface area contributed by atoms with Gasteiger partial charge in [0.15, 0.2) is 0 Å². The summed E-state index contributed by atoms with van der Waals surface area (Å²) >= 11 is 0. The monoisotopic (exact) mass is 279 g/mol. The fourth-order valence-corrected chi connectivity index (χ4v) is 1.99. The molecule has 1 aromatic carbocycles. The van der Waals surface area contributed by atoms with Gasteiger partial charge in [-0.1, -0.05) is 37.6 Å². The van der Waals surface area contributed by atoms with Crippen LogP contribution >= 0.6 is 0 Å². The molecule has 3 nitrogen and oxygen atoms in total. The fourth-order valence-electron chi connectivity index (χ4n) is 1.99. The van der Waals surface area contributed by atoms with E-state index in [1.54, 1.807) is 7.11 Å². The zero-order chi connectivity index (χ0) is 14.5. The number of hydrogen-bond donors (Lipinski definition) is 1. The van der Waals surface area contributed by atoms with E-state index in [0.29, 0.717) is 0 Å². The van der Waals surface area contributed by atoms with Crippen LogP contribution in [0, 0.1) is 0 Å². The highest BCUT2D eigenvalue weighted by atomic mass is 16.5. The molecule has 0 heterocycles. The summed E-state index contributed by atoms with van der Waals surface area (Å²) in [6.45, 7) is 6.32. The Hall–Kier alpha value is -0.900. The summed E-state index contributed by atoms with van der Waals surface area (Å²) in [5.41, 5.74) is 2.80. The Kier molecular flexibility index (Phi) is 10.2. The zero-order valence-electron chi connectivity index (χ0n) is 13.0. The molecule has 0 aromatic heterocycles. The van der Waals surface area contributed by atoms with Crippen molar-refractivity contribution >= 4 is 0 Å². The predicted octanol–water partition coefficient (Wildman–Crippen LogP) is 2.82. The molecule has 0 saturated carbocycles. The lowest BCUT2D eigenvalue weighted by molar-refractivity contribution is 0.135. The maximum absolute atomic E-state index is 5.61. The van der Waals surface area contributed by atoms with E-state index in [1.165, 1.54) is 30.4 Å². The van der Waals surface area contributed by atoms with Crippen molar-refractivity contribution in [2.45, 2.75) is 32.6 Å². The Bertz CT molecular complexity index is 324. The summed E-state index contributed by atoms with van der Waals surface area (Å²) in [6, 6.07) is 8.95. The van der Waals surface area contributed by atoms with Gasteiger partial charge < -0.3 is 14.8 Å². The van der Waals surface area contributed by atoms with Gasteiger partial charge in [-0.15, -0.1) is 0 Å². The van der Waals surface area contributed by atoms with Crippen molar-refractivity contribution in [1.29, 1.82) is 0 Å². The van der Waals surface area contributed by atoms with Crippen LogP contribution in [0.3, 0.4) is 0 Å².